The summed E-state index contributed by atoms with van der Waals surface area (Å²) in [6.07, 6.45) is -3.96. The van der Waals surface area contributed by atoms with Gasteiger partial charge in [0, 0.05) is 19.6 Å². The number of likely N-dealkylation sites (N-methyl/N-ethyl adjacent to an activating group) is 1. The first-order valence-corrected chi connectivity index (χ1v) is 10.5. The number of likely N-dealkylation sites (tertiary alicyclic amines) is 1. The van der Waals surface area contributed by atoms with Crippen molar-refractivity contribution in [2.75, 3.05) is 31.5 Å². The van der Waals surface area contributed by atoms with Gasteiger partial charge in [-0.1, -0.05) is 12.1 Å². The number of rotatable bonds is 5. The van der Waals surface area contributed by atoms with Gasteiger partial charge in [-0.05, 0) is 52.7 Å². The molecule has 0 aromatic heterocycles. The summed E-state index contributed by atoms with van der Waals surface area (Å²) in [5.74, 6) is -1.55. The number of nitrogens with zero attached hydrogens (tertiary/aromatic N) is 2. The summed E-state index contributed by atoms with van der Waals surface area (Å²) in [5.41, 5.74) is -1.97. The van der Waals surface area contributed by atoms with E-state index in [0.717, 1.165) is 6.07 Å². The van der Waals surface area contributed by atoms with Crippen LogP contribution in [0.5, 0.6) is 0 Å². The number of benzene rings is 1. The topological polar surface area (TPSA) is 79.0 Å². The number of ether oxygens (including phenoxy) is 1. The summed E-state index contributed by atoms with van der Waals surface area (Å²) in [5, 5.41) is 2.26. The maximum Gasteiger partial charge on any atom is 0.418 e. The van der Waals surface area contributed by atoms with Crippen molar-refractivity contribution in [1.29, 1.82) is 0 Å². The minimum absolute atomic E-state index is 0.169. The molecule has 1 fully saturated rings. The van der Waals surface area contributed by atoms with Gasteiger partial charge < -0.3 is 19.9 Å². The molecule has 32 heavy (non-hydrogen) atoms. The zero-order valence-corrected chi connectivity index (χ0v) is 18.8. The van der Waals surface area contributed by atoms with Crippen LogP contribution in [-0.4, -0.2) is 59.5 Å². The highest BCUT2D eigenvalue weighted by Gasteiger charge is 2.35. The fourth-order valence-corrected chi connectivity index (χ4v) is 3.48. The van der Waals surface area contributed by atoms with Gasteiger partial charge in [-0.25, -0.2) is 4.79 Å². The first kappa shape index (κ1) is 25.5. The number of nitrogens with one attached hydrogen (secondary N) is 1. The third-order valence-electron chi connectivity index (χ3n) is 4.96. The minimum atomic E-state index is -4.61. The van der Waals surface area contributed by atoms with Crippen molar-refractivity contribution in [3.05, 3.63) is 29.8 Å². The van der Waals surface area contributed by atoms with Crippen LogP contribution in [0.15, 0.2) is 24.3 Å². The van der Waals surface area contributed by atoms with Crippen LogP contribution in [0.25, 0.3) is 0 Å². The maximum absolute atomic E-state index is 13.1. The fourth-order valence-electron chi connectivity index (χ4n) is 3.48. The SMILES string of the molecule is CCN(CC(=O)Nc1ccccc1C(F)(F)F)C(=O)C1CCCN(C(=O)OC(C)(C)C)C1. The molecular weight excluding hydrogens is 427 g/mol. The van der Waals surface area contributed by atoms with Crippen LogP contribution >= 0.6 is 0 Å². The van der Waals surface area contributed by atoms with Gasteiger partial charge in [0.05, 0.1) is 23.7 Å². The highest BCUT2D eigenvalue weighted by Crippen LogP contribution is 2.34. The highest BCUT2D eigenvalue weighted by atomic mass is 19.4. The average Bonchev–Trinajstić information content (AvgIpc) is 2.70. The van der Waals surface area contributed by atoms with Crippen LogP contribution in [-0.2, 0) is 20.5 Å². The summed E-state index contributed by atoms with van der Waals surface area (Å²) in [6, 6.07) is 4.67. The third kappa shape index (κ3) is 7.13. The minimum Gasteiger partial charge on any atom is -0.444 e. The van der Waals surface area contributed by atoms with Gasteiger partial charge in [0.15, 0.2) is 0 Å². The standard InChI is InChI=1S/C22H30F3N3O4/c1-5-27(14-18(29)26-17-11-7-6-10-16(17)22(23,24)25)19(30)15-9-8-12-28(13-15)20(31)32-21(2,3)4/h6-7,10-11,15H,5,8-9,12-14H2,1-4H3,(H,26,29). The molecule has 1 N–H and O–H groups in total. The van der Waals surface area contributed by atoms with Crippen LogP contribution in [0, 0.1) is 5.92 Å². The van der Waals surface area contributed by atoms with Crippen molar-refractivity contribution in [2.45, 2.75) is 52.3 Å². The van der Waals surface area contributed by atoms with Gasteiger partial charge in [-0.15, -0.1) is 0 Å². The second-order valence-corrected chi connectivity index (χ2v) is 8.71. The van der Waals surface area contributed by atoms with Crippen LogP contribution in [0.2, 0.25) is 0 Å². The Hall–Kier alpha value is -2.78. The number of piperidine rings is 1. The molecule has 1 aromatic carbocycles. The molecule has 0 saturated carbocycles. The Morgan fingerprint density at radius 3 is 2.44 bits per heavy atom. The van der Waals surface area contributed by atoms with Gasteiger partial charge in [0.25, 0.3) is 0 Å². The zero-order chi connectivity index (χ0) is 24.1. The lowest BCUT2D eigenvalue weighted by molar-refractivity contribution is -0.140. The normalized spacial score (nSPS) is 17.0. The van der Waals surface area contributed by atoms with E-state index in [2.05, 4.69) is 5.32 Å². The predicted molar refractivity (Wildman–Crippen MR) is 113 cm³/mol. The number of carbonyl (C=O) groups is 3. The molecule has 1 unspecified atom stereocenters. The molecule has 1 aromatic rings. The van der Waals surface area contributed by atoms with E-state index in [1.54, 1.807) is 27.7 Å². The van der Waals surface area contributed by atoms with Crippen LogP contribution in [0.1, 0.15) is 46.1 Å². The molecule has 10 heteroatoms. The first-order chi connectivity index (χ1) is 14.8. The molecule has 3 amide bonds. The van der Waals surface area contributed by atoms with E-state index in [1.807, 2.05) is 0 Å². The lowest BCUT2D eigenvalue weighted by Crippen LogP contribution is -2.49. The molecule has 0 bridgehead atoms. The number of anilines is 1. The Balaban J connectivity index is 2.02. The van der Waals surface area contributed by atoms with Crippen LogP contribution < -0.4 is 5.32 Å². The van der Waals surface area contributed by atoms with Crippen molar-refractivity contribution in [1.82, 2.24) is 9.80 Å². The number of carbonyl (C=O) groups excluding carboxylic acids is 3. The highest BCUT2D eigenvalue weighted by molar-refractivity contribution is 5.95. The molecule has 1 aliphatic heterocycles. The van der Waals surface area contributed by atoms with E-state index in [4.69, 9.17) is 4.74 Å². The molecule has 0 spiro atoms. The lowest BCUT2D eigenvalue weighted by atomic mass is 9.96. The third-order valence-corrected chi connectivity index (χ3v) is 4.96. The van der Waals surface area contributed by atoms with Gasteiger partial charge in [0.2, 0.25) is 11.8 Å². The predicted octanol–water partition coefficient (Wildman–Crippen LogP) is 4.14. The smallest absolute Gasteiger partial charge is 0.418 e. The Bertz CT molecular complexity index is 836. The first-order valence-electron chi connectivity index (χ1n) is 10.5. The molecule has 0 aliphatic carbocycles. The Morgan fingerprint density at radius 2 is 1.84 bits per heavy atom. The Labute approximate surface area is 185 Å². The summed E-state index contributed by atoms with van der Waals surface area (Å²) in [7, 11) is 0. The lowest BCUT2D eigenvalue weighted by Gasteiger charge is -2.35. The van der Waals surface area contributed by atoms with Crippen molar-refractivity contribution >= 4 is 23.6 Å². The van der Waals surface area contributed by atoms with Crippen molar-refractivity contribution in [3.63, 3.8) is 0 Å². The monoisotopic (exact) mass is 457 g/mol. The van der Waals surface area contributed by atoms with Crippen LogP contribution in [0.3, 0.4) is 0 Å². The number of hydrogen-bond acceptors (Lipinski definition) is 4. The average molecular weight is 457 g/mol. The fraction of sp³-hybridized carbons (Fsp3) is 0.591. The van der Waals surface area contributed by atoms with E-state index in [1.165, 1.54) is 28.0 Å². The molecule has 0 radical (unpaired) electrons. The van der Waals surface area contributed by atoms with E-state index in [9.17, 15) is 27.6 Å². The molecule has 1 aliphatic rings. The molecule has 1 saturated heterocycles. The van der Waals surface area contributed by atoms with Crippen molar-refractivity contribution < 1.29 is 32.3 Å². The van der Waals surface area contributed by atoms with E-state index >= 15 is 0 Å². The summed E-state index contributed by atoms with van der Waals surface area (Å²) < 4.78 is 44.8. The molecular formula is C22H30F3N3O4. The second-order valence-electron chi connectivity index (χ2n) is 8.71. The zero-order valence-electron chi connectivity index (χ0n) is 18.8. The number of alkyl halides is 3. The van der Waals surface area contributed by atoms with Gasteiger partial charge in [-0.2, -0.15) is 13.2 Å². The van der Waals surface area contributed by atoms with E-state index < -0.39 is 35.3 Å². The Kier molecular flexibility index (Phi) is 8.14. The summed E-state index contributed by atoms with van der Waals surface area (Å²) in [6.45, 7) is 7.41. The maximum atomic E-state index is 13.1. The molecule has 1 atom stereocenters. The number of amides is 3. The Morgan fingerprint density at radius 1 is 1.19 bits per heavy atom. The second kappa shape index (κ2) is 10.2. The van der Waals surface area contributed by atoms with Crippen LogP contribution in [0.4, 0.5) is 23.7 Å². The van der Waals surface area contributed by atoms with E-state index in [0.29, 0.717) is 19.4 Å². The van der Waals surface area contributed by atoms with Crippen molar-refractivity contribution in [2.24, 2.45) is 5.92 Å². The quantitative estimate of drug-likeness (QED) is 0.721. The number of para-hydroxylation sites is 1. The molecule has 7 nitrogen and oxygen atoms in total. The molecule has 2 rings (SSSR count). The summed E-state index contributed by atoms with van der Waals surface area (Å²) >= 11 is 0. The largest absolute Gasteiger partial charge is 0.444 e. The van der Waals surface area contributed by atoms with E-state index in [-0.39, 0.29) is 31.2 Å². The van der Waals surface area contributed by atoms with Gasteiger partial charge >= 0.3 is 12.3 Å². The summed E-state index contributed by atoms with van der Waals surface area (Å²) in [4.78, 5) is 40.5. The number of hydrogen-bond donors (Lipinski definition) is 1. The van der Waals surface area contributed by atoms with Crippen molar-refractivity contribution in [3.8, 4) is 0 Å². The number of halogens is 3. The van der Waals surface area contributed by atoms with Gasteiger partial charge in [0.1, 0.15) is 5.60 Å². The molecule has 1 heterocycles. The molecule has 178 valence electrons. The van der Waals surface area contributed by atoms with Gasteiger partial charge in [-0.3, -0.25) is 9.59 Å².